The minimum atomic E-state index is -5.36. The van der Waals surface area contributed by atoms with E-state index in [4.69, 9.17) is 0 Å². The van der Waals surface area contributed by atoms with Gasteiger partial charge in [-0.2, -0.15) is 13.2 Å². The largest absolute Gasteiger partial charge is 0.462 e. The lowest BCUT2D eigenvalue weighted by Gasteiger charge is -2.15. The molecule has 0 aromatic heterocycles. The van der Waals surface area contributed by atoms with Crippen LogP contribution in [0, 0.1) is 17.5 Å². The van der Waals surface area contributed by atoms with Crippen LogP contribution >= 0.6 is 0 Å². The standard InChI is InChI=1S/C16H13F6NO3/c1-2-26-15(25)8(6-23-7-3-4-7)14(24)11-9(16(20,21)22)5-10(17)12(18)13(11)19/h5-7,23H,2-4H2,1H3. The molecule has 10 heteroatoms. The summed E-state index contributed by atoms with van der Waals surface area (Å²) in [6, 6.07) is -0.424. The summed E-state index contributed by atoms with van der Waals surface area (Å²) in [7, 11) is 0. The van der Waals surface area contributed by atoms with Gasteiger partial charge in [0.15, 0.2) is 17.5 Å². The lowest BCUT2D eigenvalue weighted by atomic mass is 9.97. The molecule has 0 atom stereocenters. The van der Waals surface area contributed by atoms with Gasteiger partial charge < -0.3 is 10.1 Å². The van der Waals surface area contributed by atoms with Crippen molar-refractivity contribution < 1.29 is 40.7 Å². The Bertz CT molecular complexity index is 768. The van der Waals surface area contributed by atoms with E-state index in [0.29, 0.717) is 12.8 Å². The number of hydrogen-bond acceptors (Lipinski definition) is 4. The molecule has 0 radical (unpaired) electrons. The molecule has 1 aromatic rings. The molecule has 4 nitrogen and oxygen atoms in total. The van der Waals surface area contributed by atoms with Crippen molar-refractivity contribution >= 4 is 11.8 Å². The Kier molecular flexibility index (Phi) is 5.62. The van der Waals surface area contributed by atoms with E-state index in [1.807, 2.05) is 0 Å². The van der Waals surface area contributed by atoms with Crippen LogP contribution in [-0.4, -0.2) is 24.4 Å². The fourth-order valence-corrected chi connectivity index (χ4v) is 2.05. The van der Waals surface area contributed by atoms with Gasteiger partial charge in [0.25, 0.3) is 0 Å². The van der Waals surface area contributed by atoms with E-state index in [1.54, 1.807) is 0 Å². The zero-order chi connectivity index (χ0) is 19.6. The van der Waals surface area contributed by atoms with Crippen molar-refractivity contribution in [3.8, 4) is 0 Å². The highest BCUT2D eigenvalue weighted by Gasteiger charge is 2.41. The van der Waals surface area contributed by atoms with E-state index in [1.165, 1.54) is 6.92 Å². The number of ether oxygens (including phenoxy) is 1. The van der Waals surface area contributed by atoms with Crippen molar-refractivity contribution in [1.29, 1.82) is 0 Å². The zero-order valence-electron chi connectivity index (χ0n) is 13.3. The molecule has 1 aromatic carbocycles. The molecule has 26 heavy (non-hydrogen) atoms. The van der Waals surface area contributed by atoms with Crippen molar-refractivity contribution in [2.75, 3.05) is 6.61 Å². The highest BCUT2D eigenvalue weighted by Crippen LogP contribution is 2.36. The summed E-state index contributed by atoms with van der Waals surface area (Å²) in [5.41, 5.74) is -4.76. The van der Waals surface area contributed by atoms with Crippen molar-refractivity contribution in [1.82, 2.24) is 5.32 Å². The second kappa shape index (κ2) is 7.38. The van der Waals surface area contributed by atoms with Gasteiger partial charge >= 0.3 is 12.1 Å². The van der Waals surface area contributed by atoms with Crippen molar-refractivity contribution in [3.05, 3.63) is 46.4 Å². The summed E-state index contributed by atoms with van der Waals surface area (Å²) in [6.07, 6.45) is -3.15. The number of carbonyl (C=O) groups excluding carboxylic acids is 2. The summed E-state index contributed by atoms with van der Waals surface area (Å²) < 4.78 is 84.4. The molecule has 142 valence electrons. The molecular formula is C16H13F6NO3. The third-order valence-corrected chi connectivity index (χ3v) is 3.48. The number of hydrogen-bond donors (Lipinski definition) is 1. The number of carbonyl (C=O) groups is 2. The normalized spacial score (nSPS) is 15.0. The summed E-state index contributed by atoms with van der Waals surface area (Å²) in [4.78, 5) is 24.3. The van der Waals surface area contributed by atoms with Crippen LogP contribution in [0.3, 0.4) is 0 Å². The van der Waals surface area contributed by atoms with Gasteiger partial charge in [-0.05, 0) is 25.8 Å². The Morgan fingerprint density at radius 2 is 1.85 bits per heavy atom. The van der Waals surface area contributed by atoms with Crippen LogP contribution in [0.25, 0.3) is 0 Å². The Hall–Kier alpha value is -2.52. The summed E-state index contributed by atoms with van der Waals surface area (Å²) >= 11 is 0. The number of esters is 1. The first kappa shape index (κ1) is 19.8. The molecule has 1 aliphatic rings. The molecule has 1 fully saturated rings. The van der Waals surface area contributed by atoms with Crippen LogP contribution < -0.4 is 5.32 Å². The zero-order valence-corrected chi connectivity index (χ0v) is 13.3. The van der Waals surface area contributed by atoms with Crippen LogP contribution in [0.1, 0.15) is 35.7 Å². The van der Waals surface area contributed by atoms with Crippen LogP contribution in [0.15, 0.2) is 17.8 Å². The summed E-state index contributed by atoms with van der Waals surface area (Å²) in [6.45, 7) is 1.17. The predicted octanol–water partition coefficient (Wildman–Crippen LogP) is 3.50. The molecule has 0 spiro atoms. The van der Waals surface area contributed by atoms with Gasteiger partial charge in [0.1, 0.15) is 5.57 Å². The SMILES string of the molecule is CCOC(=O)C(=CNC1CC1)C(=O)c1c(C(F)(F)F)cc(F)c(F)c1F. The molecule has 1 N–H and O–H groups in total. The monoisotopic (exact) mass is 381 g/mol. The van der Waals surface area contributed by atoms with E-state index >= 15 is 0 Å². The minimum absolute atomic E-state index is 0.0934. The topological polar surface area (TPSA) is 55.4 Å². The van der Waals surface area contributed by atoms with Gasteiger partial charge in [0, 0.05) is 12.2 Å². The van der Waals surface area contributed by atoms with Gasteiger partial charge in [0.05, 0.1) is 17.7 Å². The molecule has 0 heterocycles. The van der Waals surface area contributed by atoms with Gasteiger partial charge in [-0.1, -0.05) is 0 Å². The average Bonchev–Trinajstić information content (AvgIpc) is 3.36. The molecule has 0 bridgehead atoms. The molecule has 2 rings (SSSR count). The smallest absolute Gasteiger partial charge is 0.417 e. The lowest BCUT2D eigenvalue weighted by molar-refractivity contribution is -0.139. The second-order valence-electron chi connectivity index (χ2n) is 5.46. The van der Waals surface area contributed by atoms with Crippen LogP contribution in [0.5, 0.6) is 0 Å². The maximum Gasteiger partial charge on any atom is 0.417 e. The molecule has 0 amide bonds. The highest BCUT2D eigenvalue weighted by molar-refractivity contribution is 6.24. The molecule has 1 aliphatic carbocycles. The lowest BCUT2D eigenvalue weighted by Crippen LogP contribution is -2.25. The Morgan fingerprint density at radius 1 is 1.23 bits per heavy atom. The van der Waals surface area contributed by atoms with Crippen molar-refractivity contribution in [2.24, 2.45) is 0 Å². The maximum atomic E-state index is 14.0. The number of ketones is 1. The third-order valence-electron chi connectivity index (χ3n) is 3.48. The van der Waals surface area contributed by atoms with E-state index in [0.717, 1.165) is 6.20 Å². The number of benzene rings is 1. The van der Waals surface area contributed by atoms with Crippen LogP contribution in [0.2, 0.25) is 0 Å². The first-order valence-corrected chi connectivity index (χ1v) is 7.50. The fraction of sp³-hybridized carbons (Fsp3) is 0.375. The number of alkyl halides is 3. The van der Waals surface area contributed by atoms with Gasteiger partial charge in [-0.3, -0.25) is 4.79 Å². The Balaban J connectivity index is 2.58. The quantitative estimate of drug-likeness (QED) is 0.156. The third kappa shape index (κ3) is 4.17. The van der Waals surface area contributed by atoms with E-state index in [2.05, 4.69) is 10.1 Å². The highest BCUT2D eigenvalue weighted by atomic mass is 19.4. The van der Waals surface area contributed by atoms with E-state index in [9.17, 15) is 35.9 Å². The maximum absolute atomic E-state index is 14.0. The summed E-state index contributed by atoms with van der Waals surface area (Å²) in [5, 5.41) is 2.60. The minimum Gasteiger partial charge on any atom is -0.462 e. The molecular weight excluding hydrogens is 368 g/mol. The number of nitrogens with one attached hydrogen (secondary N) is 1. The fourth-order valence-electron chi connectivity index (χ4n) is 2.05. The van der Waals surface area contributed by atoms with E-state index < -0.39 is 52.1 Å². The van der Waals surface area contributed by atoms with E-state index in [-0.39, 0.29) is 18.7 Å². The Labute approximate surface area is 143 Å². The van der Waals surface area contributed by atoms with Crippen LogP contribution in [0.4, 0.5) is 26.3 Å². The number of Topliss-reactive ketones (excluding diaryl/α,β-unsaturated/α-hetero) is 1. The van der Waals surface area contributed by atoms with Crippen molar-refractivity contribution in [2.45, 2.75) is 32.0 Å². The number of halogens is 6. The first-order chi connectivity index (χ1) is 12.1. The summed E-state index contributed by atoms with van der Waals surface area (Å²) in [5.74, 6) is -9.77. The molecule has 0 saturated heterocycles. The van der Waals surface area contributed by atoms with Gasteiger partial charge in [0.2, 0.25) is 5.78 Å². The second-order valence-corrected chi connectivity index (χ2v) is 5.46. The van der Waals surface area contributed by atoms with Gasteiger partial charge in [-0.15, -0.1) is 0 Å². The van der Waals surface area contributed by atoms with Gasteiger partial charge in [-0.25, -0.2) is 18.0 Å². The Morgan fingerprint density at radius 3 is 2.35 bits per heavy atom. The molecule has 0 aliphatic heterocycles. The predicted molar refractivity (Wildman–Crippen MR) is 76.5 cm³/mol. The molecule has 0 unspecified atom stereocenters. The average molecular weight is 381 g/mol. The molecule has 1 saturated carbocycles. The van der Waals surface area contributed by atoms with Crippen molar-refractivity contribution in [3.63, 3.8) is 0 Å². The van der Waals surface area contributed by atoms with Crippen LogP contribution in [-0.2, 0) is 15.7 Å². The number of rotatable bonds is 6. The first-order valence-electron chi connectivity index (χ1n) is 7.50.